The maximum atomic E-state index is 5.92. The summed E-state index contributed by atoms with van der Waals surface area (Å²) in [6.45, 7) is 9.74. The Bertz CT molecular complexity index is 1210. The molecule has 0 aliphatic carbocycles. The monoisotopic (exact) mass is 422 g/mol. The van der Waals surface area contributed by atoms with Crippen molar-refractivity contribution in [2.45, 2.75) is 27.7 Å². The molecule has 8 heteroatoms. The minimum absolute atomic E-state index is 0.490. The summed E-state index contributed by atoms with van der Waals surface area (Å²) >= 11 is 0. The average Bonchev–Trinajstić information content (AvgIpc) is 3.20. The molecule has 4 aromatic rings. The molecule has 162 valence electrons. The lowest BCUT2D eigenvalue weighted by Crippen LogP contribution is -2.05. The van der Waals surface area contributed by atoms with Gasteiger partial charge in [-0.1, -0.05) is 18.2 Å². The van der Waals surface area contributed by atoms with Crippen LogP contribution >= 0.6 is 0 Å². The van der Waals surface area contributed by atoms with Gasteiger partial charge in [-0.25, -0.2) is 0 Å². The highest BCUT2D eigenvalue weighted by Gasteiger charge is 2.21. The van der Waals surface area contributed by atoms with E-state index >= 15 is 0 Å². The number of benzene rings is 2. The Labute approximate surface area is 180 Å². The number of fused-ring (bicyclic) bond motifs is 3. The zero-order chi connectivity index (χ0) is 21.8. The van der Waals surface area contributed by atoms with Gasteiger partial charge in [0.05, 0.1) is 32.0 Å². The van der Waals surface area contributed by atoms with Crippen molar-refractivity contribution in [2.75, 3.05) is 26.4 Å². The van der Waals surface area contributed by atoms with Crippen LogP contribution < -0.4 is 18.9 Å². The quantitative estimate of drug-likeness (QED) is 0.392. The second kappa shape index (κ2) is 9.07. The van der Waals surface area contributed by atoms with Crippen LogP contribution in [0.3, 0.4) is 0 Å². The van der Waals surface area contributed by atoms with Crippen molar-refractivity contribution < 1.29 is 18.9 Å². The Morgan fingerprint density at radius 3 is 2.00 bits per heavy atom. The number of hydrogen-bond donors (Lipinski definition) is 0. The lowest BCUT2D eigenvalue weighted by molar-refractivity contribution is 0.283. The van der Waals surface area contributed by atoms with E-state index in [1.807, 2.05) is 64.1 Å². The highest BCUT2D eigenvalue weighted by Crippen LogP contribution is 2.40. The van der Waals surface area contributed by atoms with Gasteiger partial charge in [-0.05, 0) is 39.8 Å². The molecule has 0 aliphatic rings. The van der Waals surface area contributed by atoms with Gasteiger partial charge in [0, 0.05) is 16.8 Å². The Morgan fingerprint density at radius 1 is 0.710 bits per heavy atom. The van der Waals surface area contributed by atoms with Crippen LogP contribution in [-0.4, -0.2) is 46.2 Å². The van der Waals surface area contributed by atoms with E-state index in [-0.39, 0.29) is 0 Å². The highest BCUT2D eigenvalue weighted by atomic mass is 16.5. The summed E-state index contributed by atoms with van der Waals surface area (Å²) in [6, 6.07) is 11.6. The molecule has 0 N–H and O–H groups in total. The molecule has 0 aliphatic heterocycles. The summed E-state index contributed by atoms with van der Waals surface area (Å²) < 4.78 is 25.0. The van der Waals surface area contributed by atoms with Gasteiger partial charge in [-0.2, -0.15) is 4.52 Å². The van der Waals surface area contributed by atoms with E-state index in [1.165, 1.54) is 0 Å². The molecule has 0 saturated carbocycles. The van der Waals surface area contributed by atoms with Gasteiger partial charge in [0.1, 0.15) is 5.75 Å². The zero-order valence-corrected chi connectivity index (χ0v) is 18.2. The fraction of sp³-hybridized carbons (Fsp3) is 0.348. The van der Waals surface area contributed by atoms with Gasteiger partial charge in [-0.15, -0.1) is 15.3 Å². The fourth-order valence-corrected chi connectivity index (χ4v) is 3.49. The third-order valence-corrected chi connectivity index (χ3v) is 4.70. The van der Waals surface area contributed by atoms with E-state index in [0.717, 1.165) is 10.8 Å². The Balaban J connectivity index is 1.98. The number of nitrogens with zero attached hydrogens (tertiary/aromatic N) is 4. The van der Waals surface area contributed by atoms with Crippen LogP contribution in [0, 0.1) is 0 Å². The molecule has 4 rings (SSSR count). The summed E-state index contributed by atoms with van der Waals surface area (Å²) in [6.07, 6.45) is 0. The molecule has 0 fully saturated rings. The van der Waals surface area contributed by atoms with Gasteiger partial charge in [-0.3, -0.25) is 0 Å². The first-order valence-electron chi connectivity index (χ1n) is 10.5. The Kier molecular flexibility index (Phi) is 6.06. The molecule has 2 heterocycles. The number of ether oxygens (including phenoxy) is 4. The first kappa shape index (κ1) is 20.7. The van der Waals surface area contributed by atoms with Crippen molar-refractivity contribution in [1.82, 2.24) is 19.8 Å². The molecule has 31 heavy (non-hydrogen) atoms. The summed E-state index contributed by atoms with van der Waals surface area (Å²) in [4.78, 5) is 0. The first-order valence-corrected chi connectivity index (χ1v) is 10.5. The molecule has 0 atom stereocenters. The van der Waals surface area contributed by atoms with Gasteiger partial charge < -0.3 is 18.9 Å². The van der Waals surface area contributed by atoms with Crippen molar-refractivity contribution in [1.29, 1.82) is 0 Å². The largest absolute Gasteiger partial charge is 0.493 e. The van der Waals surface area contributed by atoms with Crippen LogP contribution in [0.4, 0.5) is 0 Å². The maximum Gasteiger partial charge on any atom is 0.239 e. The standard InChI is InChI=1S/C23H26N4O4/c1-5-28-18-14-20(30-7-3)19(29-6-2)13-17(18)22-25-24-21-15-11-9-10-12-16(15)23(31-8-4)26-27(21)22/h9-14H,5-8H2,1-4H3. The summed E-state index contributed by atoms with van der Waals surface area (Å²) in [7, 11) is 0. The van der Waals surface area contributed by atoms with Crippen molar-refractivity contribution in [3.63, 3.8) is 0 Å². The fourth-order valence-electron chi connectivity index (χ4n) is 3.49. The lowest BCUT2D eigenvalue weighted by atomic mass is 10.1. The smallest absolute Gasteiger partial charge is 0.239 e. The van der Waals surface area contributed by atoms with Gasteiger partial charge >= 0.3 is 0 Å². The molecule has 0 saturated heterocycles. The van der Waals surface area contributed by atoms with E-state index in [4.69, 9.17) is 24.0 Å². The SMILES string of the molecule is CCOc1cc(OCC)c(-c2nnc3c4ccccc4c(OCC)nn23)cc1OCC. The minimum atomic E-state index is 0.490. The average molecular weight is 422 g/mol. The van der Waals surface area contributed by atoms with Crippen LogP contribution in [0.5, 0.6) is 23.1 Å². The van der Waals surface area contributed by atoms with Crippen LogP contribution in [0.15, 0.2) is 36.4 Å². The zero-order valence-electron chi connectivity index (χ0n) is 18.2. The number of rotatable bonds is 9. The highest BCUT2D eigenvalue weighted by molar-refractivity contribution is 5.97. The van der Waals surface area contributed by atoms with Crippen molar-refractivity contribution >= 4 is 16.4 Å². The molecule has 0 bridgehead atoms. The van der Waals surface area contributed by atoms with Gasteiger partial charge in [0.2, 0.25) is 5.88 Å². The van der Waals surface area contributed by atoms with E-state index in [2.05, 4.69) is 10.2 Å². The van der Waals surface area contributed by atoms with Crippen molar-refractivity contribution in [2.24, 2.45) is 0 Å². The molecule has 8 nitrogen and oxygen atoms in total. The topological polar surface area (TPSA) is 80.0 Å². The van der Waals surface area contributed by atoms with Gasteiger partial charge in [0.15, 0.2) is 23.0 Å². The predicted octanol–water partition coefficient (Wildman–Crippen LogP) is 4.54. The van der Waals surface area contributed by atoms with Gasteiger partial charge in [0.25, 0.3) is 0 Å². The minimum Gasteiger partial charge on any atom is -0.493 e. The van der Waals surface area contributed by atoms with Crippen LogP contribution in [0.1, 0.15) is 27.7 Å². The lowest BCUT2D eigenvalue weighted by Gasteiger charge is -2.16. The summed E-state index contributed by atoms with van der Waals surface area (Å²) in [5.41, 5.74) is 1.36. The van der Waals surface area contributed by atoms with E-state index < -0.39 is 0 Å². The van der Waals surface area contributed by atoms with E-state index in [1.54, 1.807) is 4.52 Å². The van der Waals surface area contributed by atoms with Crippen molar-refractivity contribution in [3.8, 4) is 34.5 Å². The summed E-state index contributed by atoms with van der Waals surface area (Å²) in [5.74, 6) is 2.93. The third kappa shape index (κ3) is 3.81. The molecule has 0 amide bonds. The predicted molar refractivity (Wildman–Crippen MR) is 118 cm³/mol. The number of hydrogen-bond acceptors (Lipinski definition) is 7. The Morgan fingerprint density at radius 2 is 1.32 bits per heavy atom. The van der Waals surface area contributed by atoms with Crippen molar-refractivity contribution in [3.05, 3.63) is 36.4 Å². The van der Waals surface area contributed by atoms with Crippen LogP contribution in [0.2, 0.25) is 0 Å². The maximum absolute atomic E-state index is 5.92. The molecule has 2 aromatic carbocycles. The second-order valence-corrected chi connectivity index (χ2v) is 6.64. The summed E-state index contributed by atoms with van der Waals surface area (Å²) in [5, 5.41) is 15.4. The molecule has 2 aromatic heterocycles. The molecule has 0 spiro atoms. The van der Waals surface area contributed by atoms with E-state index in [9.17, 15) is 0 Å². The second-order valence-electron chi connectivity index (χ2n) is 6.64. The normalized spacial score (nSPS) is 11.1. The molecule has 0 unspecified atom stereocenters. The van der Waals surface area contributed by atoms with Crippen LogP contribution in [-0.2, 0) is 0 Å². The number of aromatic nitrogens is 4. The van der Waals surface area contributed by atoms with Crippen LogP contribution in [0.25, 0.3) is 27.8 Å². The molecule has 0 radical (unpaired) electrons. The first-order chi connectivity index (χ1) is 15.2. The third-order valence-electron chi connectivity index (χ3n) is 4.70. The molecular weight excluding hydrogens is 396 g/mol. The Hall–Kier alpha value is -3.55. The molecular formula is C23H26N4O4. The van der Waals surface area contributed by atoms with E-state index in [0.29, 0.717) is 66.6 Å².